The Kier molecular flexibility index (Phi) is 4.91. The first-order valence-corrected chi connectivity index (χ1v) is 8.03. The summed E-state index contributed by atoms with van der Waals surface area (Å²) in [5.41, 5.74) is 2.00. The van der Waals surface area contributed by atoms with Crippen molar-refractivity contribution < 1.29 is 14.7 Å². The molecule has 1 saturated carbocycles. The molecule has 124 valence electrons. The highest BCUT2D eigenvalue weighted by molar-refractivity contribution is 5.95. The van der Waals surface area contributed by atoms with Crippen molar-refractivity contribution in [2.45, 2.75) is 25.0 Å². The molecule has 5 heteroatoms. The normalized spacial score (nSPS) is 14.7. The van der Waals surface area contributed by atoms with Crippen molar-refractivity contribution in [1.82, 2.24) is 4.90 Å². The fraction of sp³-hybridized carbons (Fsp3) is 0.263. The van der Waals surface area contributed by atoms with E-state index < -0.39 is 6.10 Å². The number of anilines is 1. The maximum Gasteiger partial charge on any atom is 0.254 e. The lowest BCUT2D eigenvalue weighted by atomic mass is 10.1. The van der Waals surface area contributed by atoms with E-state index >= 15 is 0 Å². The maximum absolute atomic E-state index is 12.8. The number of carbonyl (C=O) groups is 2. The van der Waals surface area contributed by atoms with Crippen LogP contribution in [0.5, 0.6) is 0 Å². The first kappa shape index (κ1) is 16.2. The van der Waals surface area contributed by atoms with Crippen molar-refractivity contribution in [2.24, 2.45) is 0 Å². The van der Waals surface area contributed by atoms with E-state index in [0.29, 0.717) is 17.7 Å². The highest BCUT2D eigenvalue weighted by Crippen LogP contribution is 2.30. The van der Waals surface area contributed by atoms with Gasteiger partial charge in [0, 0.05) is 17.3 Å². The van der Waals surface area contributed by atoms with Crippen LogP contribution in [0.2, 0.25) is 0 Å². The van der Waals surface area contributed by atoms with Gasteiger partial charge in [0.2, 0.25) is 6.41 Å². The third-order valence-corrected chi connectivity index (χ3v) is 4.16. The molecule has 2 aromatic rings. The Balaban J connectivity index is 1.73. The number of nitrogens with zero attached hydrogens (tertiary/aromatic N) is 1. The van der Waals surface area contributed by atoms with Crippen LogP contribution in [-0.4, -0.2) is 34.9 Å². The first-order valence-electron chi connectivity index (χ1n) is 8.03. The van der Waals surface area contributed by atoms with E-state index in [1.165, 1.54) is 0 Å². The van der Waals surface area contributed by atoms with E-state index in [0.717, 1.165) is 18.4 Å². The topological polar surface area (TPSA) is 69.6 Å². The largest absolute Gasteiger partial charge is 0.387 e. The van der Waals surface area contributed by atoms with Crippen molar-refractivity contribution in [2.75, 3.05) is 11.9 Å². The Labute approximate surface area is 140 Å². The zero-order chi connectivity index (χ0) is 16.9. The van der Waals surface area contributed by atoms with Crippen molar-refractivity contribution in [3.05, 3.63) is 65.7 Å². The molecule has 0 spiro atoms. The molecule has 3 rings (SSSR count). The van der Waals surface area contributed by atoms with Crippen LogP contribution in [-0.2, 0) is 4.79 Å². The predicted octanol–water partition coefficient (Wildman–Crippen LogP) is 2.59. The number of carbonyl (C=O) groups excluding carboxylic acids is 2. The number of aliphatic hydroxyl groups excluding tert-OH is 1. The number of nitrogens with one attached hydrogen (secondary N) is 1. The number of amides is 2. The minimum Gasteiger partial charge on any atom is -0.387 e. The molecule has 2 amide bonds. The summed E-state index contributed by atoms with van der Waals surface area (Å²) in [5.74, 6) is -0.0925. The average molecular weight is 324 g/mol. The van der Waals surface area contributed by atoms with Gasteiger partial charge in [-0.2, -0.15) is 0 Å². The molecule has 1 fully saturated rings. The third kappa shape index (κ3) is 3.81. The molecular formula is C19H20N2O3. The van der Waals surface area contributed by atoms with Crippen LogP contribution in [0, 0.1) is 0 Å². The fourth-order valence-corrected chi connectivity index (χ4v) is 2.69. The number of hydrogen-bond acceptors (Lipinski definition) is 3. The van der Waals surface area contributed by atoms with E-state index in [-0.39, 0.29) is 18.5 Å². The molecule has 0 aliphatic heterocycles. The van der Waals surface area contributed by atoms with E-state index in [1.807, 2.05) is 30.3 Å². The van der Waals surface area contributed by atoms with Gasteiger partial charge in [-0.25, -0.2) is 0 Å². The Morgan fingerprint density at radius 2 is 1.83 bits per heavy atom. The predicted molar refractivity (Wildman–Crippen MR) is 91.6 cm³/mol. The zero-order valence-electron chi connectivity index (χ0n) is 13.3. The summed E-state index contributed by atoms with van der Waals surface area (Å²) in [6.45, 7) is 0.280. The molecule has 0 unspecified atom stereocenters. The minimum absolute atomic E-state index is 0.0925. The summed E-state index contributed by atoms with van der Waals surface area (Å²) in [4.78, 5) is 25.0. The van der Waals surface area contributed by atoms with Gasteiger partial charge >= 0.3 is 0 Å². The SMILES string of the molecule is O=CNc1ccc(C(=O)N(C[C@@H](O)c2ccccc2)C2CC2)cc1. The molecule has 0 aromatic heterocycles. The molecule has 1 aliphatic rings. The quantitative estimate of drug-likeness (QED) is 0.769. The van der Waals surface area contributed by atoms with Crippen molar-refractivity contribution in [1.29, 1.82) is 0 Å². The second-order valence-corrected chi connectivity index (χ2v) is 5.95. The molecule has 2 aromatic carbocycles. The van der Waals surface area contributed by atoms with Gasteiger partial charge in [0.15, 0.2) is 0 Å². The summed E-state index contributed by atoms with van der Waals surface area (Å²) >= 11 is 0. The van der Waals surface area contributed by atoms with Crippen LogP contribution in [0.1, 0.15) is 34.9 Å². The lowest BCUT2D eigenvalue weighted by Crippen LogP contribution is -2.36. The van der Waals surface area contributed by atoms with Gasteiger partial charge < -0.3 is 15.3 Å². The van der Waals surface area contributed by atoms with Gasteiger partial charge in [-0.1, -0.05) is 30.3 Å². The number of aliphatic hydroxyl groups is 1. The lowest BCUT2D eigenvalue weighted by Gasteiger charge is -2.25. The third-order valence-electron chi connectivity index (χ3n) is 4.16. The van der Waals surface area contributed by atoms with E-state index in [2.05, 4.69) is 5.32 Å². The van der Waals surface area contributed by atoms with Crippen LogP contribution < -0.4 is 5.32 Å². The molecule has 1 aliphatic carbocycles. The highest BCUT2D eigenvalue weighted by atomic mass is 16.3. The number of hydrogen-bond donors (Lipinski definition) is 2. The monoisotopic (exact) mass is 324 g/mol. The molecule has 2 N–H and O–H groups in total. The molecule has 0 bridgehead atoms. The summed E-state index contributed by atoms with van der Waals surface area (Å²) in [6.07, 6.45) is 1.84. The van der Waals surface area contributed by atoms with Crippen LogP contribution in [0.3, 0.4) is 0 Å². The Morgan fingerprint density at radius 1 is 1.17 bits per heavy atom. The molecular weight excluding hydrogens is 304 g/mol. The zero-order valence-corrected chi connectivity index (χ0v) is 13.3. The van der Waals surface area contributed by atoms with Gasteiger partial charge in [-0.15, -0.1) is 0 Å². The molecule has 0 heterocycles. The molecule has 24 heavy (non-hydrogen) atoms. The van der Waals surface area contributed by atoms with Crippen LogP contribution in [0.4, 0.5) is 5.69 Å². The maximum atomic E-state index is 12.8. The van der Waals surface area contributed by atoms with E-state index in [4.69, 9.17) is 0 Å². The van der Waals surface area contributed by atoms with E-state index in [1.54, 1.807) is 29.2 Å². The standard InChI is InChI=1S/C19H20N2O3/c22-13-20-16-8-6-15(7-9-16)19(24)21(17-10-11-17)12-18(23)14-4-2-1-3-5-14/h1-9,13,17-18,23H,10-12H2,(H,20,22)/t18-/m1/s1. The second-order valence-electron chi connectivity index (χ2n) is 5.95. The van der Waals surface area contributed by atoms with Gasteiger partial charge in [-0.05, 0) is 42.7 Å². The van der Waals surface area contributed by atoms with Gasteiger partial charge in [0.05, 0.1) is 12.6 Å². The first-order chi connectivity index (χ1) is 11.7. The van der Waals surface area contributed by atoms with Crippen molar-refractivity contribution >= 4 is 18.0 Å². The summed E-state index contributed by atoms with van der Waals surface area (Å²) in [6, 6.07) is 16.3. The van der Waals surface area contributed by atoms with Crippen LogP contribution in [0.25, 0.3) is 0 Å². The average Bonchev–Trinajstić information content (AvgIpc) is 3.45. The highest BCUT2D eigenvalue weighted by Gasteiger charge is 2.34. The summed E-state index contributed by atoms with van der Waals surface area (Å²) < 4.78 is 0. The van der Waals surface area contributed by atoms with E-state index in [9.17, 15) is 14.7 Å². The molecule has 0 saturated heterocycles. The molecule has 1 atom stereocenters. The molecule has 5 nitrogen and oxygen atoms in total. The minimum atomic E-state index is -0.702. The summed E-state index contributed by atoms with van der Waals surface area (Å²) in [7, 11) is 0. The smallest absolute Gasteiger partial charge is 0.254 e. The van der Waals surface area contributed by atoms with Gasteiger partial charge in [-0.3, -0.25) is 9.59 Å². The van der Waals surface area contributed by atoms with Crippen molar-refractivity contribution in [3.63, 3.8) is 0 Å². The lowest BCUT2D eigenvalue weighted by molar-refractivity contribution is -0.105. The van der Waals surface area contributed by atoms with Gasteiger partial charge in [0.1, 0.15) is 0 Å². The Bertz CT molecular complexity index is 696. The van der Waals surface area contributed by atoms with Crippen molar-refractivity contribution in [3.8, 4) is 0 Å². The Morgan fingerprint density at radius 3 is 2.42 bits per heavy atom. The second kappa shape index (κ2) is 7.27. The van der Waals surface area contributed by atoms with Crippen LogP contribution in [0.15, 0.2) is 54.6 Å². The van der Waals surface area contributed by atoms with Gasteiger partial charge in [0.25, 0.3) is 5.91 Å². The number of benzene rings is 2. The molecule has 0 radical (unpaired) electrons. The number of rotatable bonds is 7. The summed E-state index contributed by atoms with van der Waals surface area (Å²) in [5, 5.41) is 13.0. The fourth-order valence-electron chi connectivity index (χ4n) is 2.69. The Hall–Kier alpha value is -2.66. The van der Waals surface area contributed by atoms with Crippen LogP contribution >= 0.6 is 0 Å².